The van der Waals surface area contributed by atoms with Crippen molar-refractivity contribution in [2.45, 2.75) is 13.5 Å². The molecule has 0 spiro atoms. The fourth-order valence-corrected chi connectivity index (χ4v) is 2.60. The molecule has 2 amide bonds. The van der Waals surface area contributed by atoms with E-state index in [4.69, 9.17) is 4.74 Å². The van der Waals surface area contributed by atoms with Crippen LogP contribution < -0.4 is 10.2 Å². The molecule has 1 N–H and O–H groups in total. The van der Waals surface area contributed by atoms with Crippen LogP contribution in [-0.2, 0) is 16.1 Å². The van der Waals surface area contributed by atoms with E-state index in [2.05, 4.69) is 15.5 Å². The van der Waals surface area contributed by atoms with Crippen LogP contribution in [0.25, 0.3) is 11.0 Å². The number of hydrazone groups is 1. The topological polar surface area (TPSA) is 88.8 Å². The lowest BCUT2D eigenvalue weighted by molar-refractivity contribution is -0.130. The third-order valence-electron chi connectivity index (χ3n) is 4.32. The van der Waals surface area contributed by atoms with Crippen molar-refractivity contribution in [2.24, 2.45) is 5.10 Å². The zero-order chi connectivity index (χ0) is 20.8. The van der Waals surface area contributed by atoms with Crippen LogP contribution in [0, 0.1) is 0 Å². The highest BCUT2D eigenvalue weighted by Gasteiger charge is 2.08. The minimum atomic E-state index is -0.241. The molecule has 150 valence electrons. The first-order valence-corrected chi connectivity index (χ1v) is 9.10. The number of carbonyl (C=O) groups is 2. The molecule has 0 aliphatic heterocycles. The van der Waals surface area contributed by atoms with Gasteiger partial charge >= 0.3 is 0 Å². The first kappa shape index (κ1) is 20.1. The van der Waals surface area contributed by atoms with Crippen LogP contribution in [0.2, 0.25) is 0 Å². The number of aromatic nitrogens is 2. The molecule has 29 heavy (non-hydrogen) atoms. The Morgan fingerprint density at radius 2 is 1.86 bits per heavy atom. The molecule has 1 heterocycles. The molecule has 0 atom stereocenters. The van der Waals surface area contributed by atoms with Gasteiger partial charge in [-0.3, -0.25) is 9.59 Å². The normalized spacial score (nSPS) is 11.3. The first-order chi connectivity index (χ1) is 13.9. The van der Waals surface area contributed by atoms with E-state index in [-0.39, 0.29) is 25.0 Å². The van der Waals surface area contributed by atoms with E-state index in [1.54, 1.807) is 44.0 Å². The quantitative estimate of drug-likeness (QED) is 0.491. The van der Waals surface area contributed by atoms with Crippen molar-refractivity contribution in [3.8, 4) is 5.75 Å². The lowest BCUT2D eigenvalue weighted by atomic mass is 10.1. The van der Waals surface area contributed by atoms with Crippen LogP contribution in [0.3, 0.4) is 0 Å². The Bertz CT molecular complexity index is 1040. The second-order valence-corrected chi connectivity index (χ2v) is 6.69. The summed E-state index contributed by atoms with van der Waals surface area (Å²) in [7, 11) is 3.36. The number of rotatable bonds is 7. The molecule has 0 fully saturated rings. The number of likely N-dealkylation sites (N-methyl/N-ethyl adjacent to an activating group) is 1. The molecule has 8 nitrogen and oxygen atoms in total. The highest BCUT2D eigenvalue weighted by Crippen LogP contribution is 2.13. The lowest BCUT2D eigenvalue weighted by Gasteiger charge is -2.11. The Balaban J connectivity index is 1.56. The van der Waals surface area contributed by atoms with E-state index in [1.165, 1.54) is 4.90 Å². The third-order valence-corrected chi connectivity index (χ3v) is 4.32. The van der Waals surface area contributed by atoms with Crippen LogP contribution in [0.4, 0.5) is 0 Å². The number of imidazole rings is 1. The highest BCUT2D eigenvalue weighted by atomic mass is 16.5. The summed E-state index contributed by atoms with van der Waals surface area (Å²) in [5.41, 5.74) is 5.80. The van der Waals surface area contributed by atoms with E-state index in [9.17, 15) is 9.59 Å². The second-order valence-electron chi connectivity index (χ2n) is 6.69. The van der Waals surface area contributed by atoms with Crippen LogP contribution in [0.15, 0.2) is 60.0 Å². The molecule has 0 saturated heterocycles. The molecule has 3 rings (SSSR count). The number of fused-ring (bicyclic) bond motifs is 1. The number of hydrogen-bond acceptors (Lipinski definition) is 5. The zero-order valence-corrected chi connectivity index (χ0v) is 16.6. The summed E-state index contributed by atoms with van der Waals surface area (Å²) in [4.78, 5) is 29.5. The van der Waals surface area contributed by atoms with Gasteiger partial charge in [0.25, 0.3) is 11.8 Å². The fraction of sp³-hybridized carbons (Fsp3) is 0.238. The number of carbonyl (C=O) groups excluding carboxylic acids is 2. The van der Waals surface area contributed by atoms with Crippen molar-refractivity contribution in [2.75, 3.05) is 20.7 Å². The summed E-state index contributed by atoms with van der Waals surface area (Å²) >= 11 is 0. The third kappa shape index (κ3) is 5.19. The Hall–Kier alpha value is -3.68. The van der Waals surface area contributed by atoms with Crippen molar-refractivity contribution in [3.63, 3.8) is 0 Å². The Labute approximate surface area is 168 Å². The van der Waals surface area contributed by atoms with Gasteiger partial charge < -0.3 is 14.2 Å². The van der Waals surface area contributed by atoms with Gasteiger partial charge in [-0.2, -0.15) is 5.10 Å². The molecule has 0 unspecified atom stereocenters. The molecule has 3 aromatic rings. The van der Waals surface area contributed by atoms with E-state index in [0.717, 1.165) is 16.6 Å². The van der Waals surface area contributed by atoms with E-state index >= 15 is 0 Å². The molecular weight excluding hydrogens is 370 g/mol. The van der Waals surface area contributed by atoms with Gasteiger partial charge in [0.05, 0.1) is 23.1 Å². The maximum Gasteiger partial charge on any atom is 0.260 e. The van der Waals surface area contributed by atoms with Gasteiger partial charge in [-0.05, 0) is 48.9 Å². The van der Waals surface area contributed by atoms with Crippen LogP contribution in [0.5, 0.6) is 5.75 Å². The van der Waals surface area contributed by atoms with Gasteiger partial charge in [0, 0.05) is 14.1 Å². The number of ether oxygens (including phenoxy) is 1. The smallest absolute Gasteiger partial charge is 0.260 e. The predicted octanol–water partition coefficient (Wildman–Crippen LogP) is 2.04. The van der Waals surface area contributed by atoms with Gasteiger partial charge in [0.15, 0.2) is 6.61 Å². The Kier molecular flexibility index (Phi) is 6.23. The molecular formula is C21H23N5O3. The second kappa shape index (κ2) is 9.01. The van der Waals surface area contributed by atoms with E-state index in [0.29, 0.717) is 11.5 Å². The van der Waals surface area contributed by atoms with Crippen molar-refractivity contribution < 1.29 is 14.3 Å². The van der Waals surface area contributed by atoms with Crippen molar-refractivity contribution in [1.29, 1.82) is 0 Å². The molecule has 0 saturated carbocycles. The number of hydrogen-bond donors (Lipinski definition) is 1. The SMILES string of the molecule is C/C(=N\NC(=O)Cn1cnc2ccccc21)c1ccc(OCC(=O)N(C)C)cc1. The summed E-state index contributed by atoms with van der Waals surface area (Å²) in [6.45, 7) is 1.92. The maximum atomic E-state index is 12.2. The standard InChI is InChI=1S/C21H23N5O3/c1-15(16-8-10-17(11-9-16)29-13-21(28)25(2)3)23-24-20(27)12-26-14-22-18-6-4-5-7-19(18)26/h4-11,14H,12-13H2,1-3H3,(H,24,27)/b23-15+. The van der Waals surface area contributed by atoms with Gasteiger partial charge in [-0.25, -0.2) is 10.4 Å². The van der Waals surface area contributed by atoms with E-state index < -0.39 is 0 Å². The summed E-state index contributed by atoms with van der Waals surface area (Å²) in [6, 6.07) is 14.8. The molecule has 0 aliphatic rings. The van der Waals surface area contributed by atoms with Gasteiger partial charge in [0.1, 0.15) is 12.3 Å². The van der Waals surface area contributed by atoms with Crippen molar-refractivity contribution >= 4 is 28.6 Å². The highest BCUT2D eigenvalue weighted by molar-refractivity contribution is 5.99. The summed E-state index contributed by atoms with van der Waals surface area (Å²) in [5, 5.41) is 4.16. The Morgan fingerprint density at radius 3 is 2.59 bits per heavy atom. The molecule has 2 aromatic carbocycles. The average Bonchev–Trinajstić information content (AvgIpc) is 3.13. The molecule has 8 heteroatoms. The van der Waals surface area contributed by atoms with Crippen LogP contribution >= 0.6 is 0 Å². The lowest BCUT2D eigenvalue weighted by Crippen LogP contribution is -2.27. The molecule has 0 bridgehead atoms. The minimum absolute atomic E-state index is 0.0155. The number of nitrogens with zero attached hydrogens (tertiary/aromatic N) is 4. The first-order valence-electron chi connectivity index (χ1n) is 9.10. The largest absolute Gasteiger partial charge is 0.484 e. The zero-order valence-electron chi connectivity index (χ0n) is 16.6. The van der Waals surface area contributed by atoms with E-state index in [1.807, 2.05) is 36.4 Å². The molecule has 1 aromatic heterocycles. The molecule has 0 aliphatic carbocycles. The van der Waals surface area contributed by atoms with Crippen molar-refractivity contribution in [3.05, 3.63) is 60.4 Å². The van der Waals surface area contributed by atoms with Gasteiger partial charge in [-0.1, -0.05) is 12.1 Å². The van der Waals surface area contributed by atoms with Crippen LogP contribution in [-0.4, -0.2) is 52.7 Å². The number of para-hydroxylation sites is 2. The minimum Gasteiger partial charge on any atom is -0.484 e. The van der Waals surface area contributed by atoms with Crippen LogP contribution in [0.1, 0.15) is 12.5 Å². The monoisotopic (exact) mass is 393 g/mol. The Morgan fingerprint density at radius 1 is 1.14 bits per heavy atom. The number of nitrogens with one attached hydrogen (secondary N) is 1. The predicted molar refractivity (Wildman–Crippen MR) is 111 cm³/mol. The maximum absolute atomic E-state index is 12.2. The molecule has 0 radical (unpaired) electrons. The number of amides is 2. The van der Waals surface area contributed by atoms with Crippen molar-refractivity contribution in [1.82, 2.24) is 19.9 Å². The fourth-order valence-electron chi connectivity index (χ4n) is 2.60. The van der Waals surface area contributed by atoms with Gasteiger partial charge in [0.2, 0.25) is 0 Å². The average molecular weight is 393 g/mol. The number of benzene rings is 2. The summed E-state index contributed by atoms with van der Waals surface area (Å²) in [5.74, 6) is 0.239. The summed E-state index contributed by atoms with van der Waals surface area (Å²) < 4.78 is 7.22. The summed E-state index contributed by atoms with van der Waals surface area (Å²) in [6.07, 6.45) is 1.64. The van der Waals surface area contributed by atoms with Gasteiger partial charge in [-0.15, -0.1) is 0 Å².